The van der Waals surface area contributed by atoms with Gasteiger partial charge in [-0.15, -0.1) is 0 Å². The topological polar surface area (TPSA) is 4.93 Å². The molecule has 1 nitrogen and oxygen atoms in total. The summed E-state index contributed by atoms with van der Waals surface area (Å²) in [5, 5.41) is 0. The molecular formula is C4H2FI3NPS. The van der Waals surface area contributed by atoms with Gasteiger partial charge < -0.3 is 0 Å². The van der Waals surface area contributed by atoms with Crippen molar-refractivity contribution in [1.82, 2.24) is 3.97 Å². The molecule has 0 aliphatic carbocycles. The Morgan fingerprint density at radius 3 is 2.45 bits per heavy atom. The summed E-state index contributed by atoms with van der Waals surface area (Å²) in [6, 6.07) is 0. The third-order valence-electron chi connectivity index (χ3n) is 0.865. The Labute approximate surface area is 109 Å². The molecule has 0 spiro atoms. The van der Waals surface area contributed by atoms with Crippen LogP contribution in [0.15, 0.2) is 12.4 Å². The molecule has 1 aromatic heterocycles. The fraction of sp³-hybridized carbons (Fsp3) is 0. The summed E-state index contributed by atoms with van der Waals surface area (Å²) in [4.78, 5) is 0. The van der Waals surface area contributed by atoms with Crippen molar-refractivity contribution in [1.29, 1.82) is 0 Å². The predicted octanol–water partition coefficient (Wildman–Crippen LogP) is 4.83. The lowest BCUT2D eigenvalue weighted by Crippen LogP contribution is -1.72. The lowest BCUT2D eigenvalue weighted by molar-refractivity contribution is 0.622. The van der Waals surface area contributed by atoms with Crippen LogP contribution in [0, 0.1) is 9.39 Å². The first-order valence-electron chi connectivity index (χ1n) is 2.42. The number of hydrogen-bond acceptors (Lipinski definition) is 1. The minimum Gasteiger partial charge on any atom is -0.290 e. The molecule has 0 fully saturated rings. The molecule has 0 saturated carbocycles. The lowest BCUT2D eigenvalue weighted by Gasteiger charge is -1.99. The van der Waals surface area contributed by atoms with E-state index in [2.05, 4.69) is 44.1 Å². The van der Waals surface area contributed by atoms with E-state index in [0.717, 1.165) is 0 Å². The molecule has 0 N–H and O–H groups in total. The Kier molecular flexibility index (Phi) is 5.28. The first kappa shape index (κ1) is 11.3. The van der Waals surface area contributed by atoms with Gasteiger partial charge >= 0.3 is 0 Å². The second kappa shape index (κ2) is 5.16. The fourth-order valence-electron chi connectivity index (χ4n) is 0.502. The molecule has 1 heterocycles. The van der Waals surface area contributed by atoms with Gasteiger partial charge in [0.2, 0.25) is 0 Å². The molecule has 11 heavy (non-hydrogen) atoms. The van der Waals surface area contributed by atoms with Crippen molar-refractivity contribution in [3.05, 3.63) is 21.8 Å². The summed E-state index contributed by atoms with van der Waals surface area (Å²) in [5.41, 5.74) is 0. The quantitative estimate of drug-likeness (QED) is 0.395. The maximum atomic E-state index is 12.8. The smallest absolute Gasteiger partial charge is 0.155 e. The second-order valence-electron chi connectivity index (χ2n) is 1.60. The average Bonchev–Trinajstić information content (AvgIpc) is 2.10. The van der Waals surface area contributed by atoms with Crippen LogP contribution in [0.1, 0.15) is 0 Å². The molecule has 0 aliphatic rings. The van der Waals surface area contributed by atoms with Crippen LogP contribution in [0.5, 0.6) is 0 Å². The van der Waals surface area contributed by atoms with Gasteiger partial charge in [0.1, 0.15) is 2.41 Å². The van der Waals surface area contributed by atoms with Crippen molar-refractivity contribution >= 4 is 80.6 Å². The molecule has 0 saturated heterocycles. The first-order valence-corrected chi connectivity index (χ1v) is 11.8. The van der Waals surface area contributed by atoms with Gasteiger partial charge in [0, 0.05) is 17.8 Å². The summed E-state index contributed by atoms with van der Waals surface area (Å²) >= 11 is 8.30. The molecule has 0 aromatic carbocycles. The molecule has 7 heteroatoms. The lowest BCUT2D eigenvalue weighted by atomic mass is 10.6. The Morgan fingerprint density at radius 1 is 1.45 bits per heavy atom. The monoisotopic (exact) mass is 527 g/mol. The van der Waals surface area contributed by atoms with E-state index in [1.165, 1.54) is 6.20 Å². The molecule has 0 bridgehead atoms. The van der Waals surface area contributed by atoms with Crippen molar-refractivity contribution in [3.8, 4) is 0 Å². The summed E-state index contributed by atoms with van der Waals surface area (Å²) in [5.74, 6) is -0.136. The summed E-state index contributed by atoms with van der Waals surface area (Å²) in [6.07, 6.45) is 3.31. The minimum atomic E-state index is -0.136. The van der Waals surface area contributed by atoms with Crippen LogP contribution in [-0.4, -0.2) is 3.97 Å². The van der Waals surface area contributed by atoms with Gasteiger partial charge in [-0.3, -0.25) is 3.97 Å². The number of aromatic nitrogens is 1. The van der Waals surface area contributed by atoms with E-state index in [1.807, 2.05) is 26.6 Å². The molecule has 0 atom stereocenters. The molecule has 0 aliphatic heterocycles. The van der Waals surface area contributed by atoms with Gasteiger partial charge in [0.15, 0.2) is 5.82 Å². The molecule has 62 valence electrons. The van der Waals surface area contributed by atoms with E-state index in [1.54, 1.807) is 17.8 Å². The summed E-state index contributed by atoms with van der Waals surface area (Å²) < 4.78 is 15.1. The van der Waals surface area contributed by atoms with E-state index in [9.17, 15) is 4.39 Å². The van der Waals surface area contributed by atoms with Gasteiger partial charge in [-0.2, -0.15) is 0 Å². The predicted molar refractivity (Wildman–Crippen MR) is 75.1 cm³/mol. The third-order valence-corrected chi connectivity index (χ3v) is 6.29. The van der Waals surface area contributed by atoms with E-state index in [-0.39, 0.29) is 8.23 Å². The molecule has 0 radical (unpaired) electrons. The van der Waals surface area contributed by atoms with Crippen LogP contribution in [0.25, 0.3) is 0 Å². The Morgan fingerprint density at radius 2 is 2.09 bits per heavy atom. The van der Waals surface area contributed by atoms with Crippen molar-refractivity contribution in [3.63, 3.8) is 0 Å². The molecule has 1 rings (SSSR count). The van der Waals surface area contributed by atoms with Crippen LogP contribution >= 0.6 is 80.6 Å². The highest BCUT2D eigenvalue weighted by Gasteiger charge is 2.05. The van der Waals surface area contributed by atoms with Crippen LogP contribution in [0.2, 0.25) is 0 Å². The van der Waals surface area contributed by atoms with Crippen molar-refractivity contribution in [2.24, 2.45) is 0 Å². The van der Waals surface area contributed by atoms with E-state index in [4.69, 9.17) is 0 Å². The fourth-order valence-corrected chi connectivity index (χ4v) is 5.94. The van der Waals surface area contributed by atoms with Gasteiger partial charge in [0.05, 0.1) is 9.77 Å². The maximum absolute atomic E-state index is 12.8. The van der Waals surface area contributed by atoms with Gasteiger partial charge in [-0.25, -0.2) is 4.39 Å². The molecular weight excluding hydrogens is 525 g/mol. The molecule has 0 amide bonds. The van der Waals surface area contributed by atoms with Crippen LogP contribution < -0.4 is 0 Å². The first-order chi connectivity index (χ1) is 5.09. The van der Waals surface area contributed by atoms with E-state index >= 15 is 0 Å². The van der Waals surface area contributed by atoms with Crippen LogP contribution in [0.3, 0.4) is 0 Å². The van der Waals surface area contributed by atoms with Crippen molar-refractivity contribution in [2.75, 3.05) is 0 Å². The van der Waals surface area contributed by atoms with E-state index in [0.29, 0.717) is 3.57 Å². The van der Waals surface area contributed by atoms with Gasteiger partial charge in [0.25, 0.3) is 0 Å². The third kappa shape index (κ3) is 3.82. The number of halogens is 4. The second-order valence-corrected chi connectivity index (χ2v) is 20.6. The summed E-state index contributed by atoms with van der Waals surface area (Å²) in [7, 11) is 0. The Balaban J connectivity index is 2.73. The largest absolute Gasteiger partial charge is 0.290 e. The number of hydrogen-bond donors (Lipinski definition) is 0. The van der Waals surface area contributed by atoms with Crippen molar-refractivity contribution in [2.45, 2.75) is 0 Å². The zero-order valence-corrected chi connectivity index (χ0v) is 13.2. The minimum absolute atomic E-state index is 0.126. The number of rotatable bonds is 2. The highest BCUT2D eigenvalue weighted by Crippen LogP contribution is 2.64. The van der Waals surface area contributed by atoms with Crippen LogP contribution in [0.4, 0.5) is 4.39 Å². The molecule has 1 aromatic rings. The summed E-state index contributed by atoms with van der Waals surface area (Å²) in [6.45, 7) is 0. The number of nitrogens with zero attached hydrogens (tertiary/aromatic N) is 1. The van der Waals surface area contributed by atoms with Gasteiger partial charge in [-0.1, -0.05) is 0 Å². The van der Waals surface area contributed by atoms with Crippen LogP contribution in [-0.2, 0) is 0 Å². The van der Waals surface area contributed by atoms with Crippen molar-refractivity contribution < 1.29 is 4.39 Å². The zero-order chi connectivity index (χ0) is 8.43. The SMILES string of the molecule is Fc1cn(SP(I)I)cc1I. The Hall–Kier alpha value is 2.18. The standard InChI is InChI=1S/C4H2FI3NPS/c5-3-1-9(2-4(3)6)11-10(7)8/h1-2H. The normalized spacial score (nSPS) is 11.0. The Bertz CT molecular complexity index is 234. The highest BCUT2D eigenvalue weighted by atomic mass is 127. The molecule has 0 unspecified atom stereocenters. The zero-order valence-electron chi connectivity index (χ0n) is 4.97. The van der Waals surface area contributed by atoms with Gasteiger partial charge in [-0.05, 0) is 66.7 Å². The maximum Gasteiger partial charge on any atom is 0.155 e. The van der Waals surface area contributed by atoms with E-state index < -0.39 is 0 Å². The highest BCUT2D eigenvalue weighted by molar-refractivity contribution is 14.3. The average molecular weight is 527 g/mol.